The van der Waals surface area contributed by atoms with Gasteiger partial charge in [0.15, 0.2) is 0 Å². The molecule has 0 atom stereocenters. The Morgan fingerprint density at radius 3 is 2.52 bits per heavy atom. The zero-order valence-corrected chi connectivity index (χ0v) is 12.1. The van der Waals surface area contributed by atoms with Crippen molar-refractivity contribution in [3.05, 3.63) is 54.1 Å². The Morgan fingerprint density at radius 1 is 1.10 bits per heavy atom. The second kappa shape index (κ2) is 7.33. The first-order valence-corrected chi connectivity index (χ1v) is 7.14. The molecule has 0 aliphatic heterocycles. The third-order valence-electron chi connectivity index (χ3n) is 3.16. The normalized spacial score (nSPS) is 10.1. The molecule has 2 aromatic carbocycles. The van der Waals surface area contributed by atoms with Gasteiger partial charge in [0.2, 0.25) is 0 Å². The van der Waals surface area contributed by atoms with Gasteiger partial charge in [0.25, 0.3) is 0 Å². The molecule has 4 heteroatoms. The number of carboxylic acid groups (broad SMARTS) is 1. The van der Waals surface area contributed by atoms with E-state index in [9.17, 15) is 9.90 Å². The van der Waals surface area contributed by atoms with Crippen molar-refractivity contribution >= 4 is 23.0 Å². The lowest BCUT2D eigenvalue weighted by Crippen LogP contribution is -2.05. The molecule has 0 aromatic heterocycles. The lowest BCUT2D eigenvalue weighted by Gasteiger charge is -2.13. The number of para-hydroxylation sites is 1. The molecule has 2 aromatic rings. The average molecular weight is 284 g/mol. The molecule has 0 saturated heterocycles. The Kier molecular flexibility index (Phi) is 5.21. The Morgan fingerprint density at radius 2 is 1.86 bits per heavy atom. The van der Waals surface area contributed by atoms with E-state index in [1.54, 1.807) is 12.1 Å². The molecule has 0 amide bonds. The zero-order valence-electron chi connectivity index (χ0n) is 12.1. The first-order valence-electron chi connectivity index (χ1n) is 7.14. The summed E-state index contributed by atoms with van der Waals surface area (Å²) in [6, 6.07) is 14.8. The summed E-state index contributed by atoms with van der Waals surface area (Å²) in [5.74, 6) is -0.937. The maximum absolute atomic E-state index is 11.3. The number of carbonyl (C=O) groups is 1. The van der Waals surface area contributed by atoms with Crippen molar-refractivity contribution in [2.75, 3.05) is 17.2 Å². The van der Waals surface area contributed by atoms with Crippen LogP contribution >= 0.6 is 0 Å². The predicted molar refractivity (Wildman–Crippen MR) is 86.5 cm³/mol. The number of hydrogen-bond acceptors (Lipinski definition) is 3. The quantitative estimate of drug-likeness (QED) is 0.662. The van der Waals surface area contributed by atoms with Gasteiger partial charge in [-0.25, -0.2) is 4.79 Å². The van der Waals surface area contributed by atoms with E-state index in [-0.39, 0.29) is 5.56 Å². The van der Waals surface area contributed by atoms with E-state index in [1.807, 2.05) is 36.4 Å². The third kappa shape index (κ3) is 4.24. The number of unbranched alkanes of at least 4 members (excludes halogenated alkanes) is 1. The molecule has 0 unspecified atom stereocenters. The maximum atomic E-state index is 11.3. The molecule has 0 radical (unpaired) electrons. The van der Waals surface area contributed by atoms with Gasteiger partial charge in [0.1, 0.15) is 0 Å². The van der Waals surface area contributed by atoms with Crippen LogP contribution in [0.15, 0.2) is 48.5 Å². The maximum Gasteiger partial charge on any atom is 0.337 e. The Hall–Kier alpha value is -2.49. The second-order valence-electron chi connectivity index (χ2n) is 4.84. The number of nitrogens with one attached hydrogen (secondary N) is 2. The van der Waals surface area contributed by atoms with Crippen LogP contribution in [0.25, 0.3) is 0 Å². The van der Waals surface area contributed by atoms with Gasteiger partial charge in [-0.2, -0.15) is 0 Å². The summed E-state index contributed by atoms with van der Waals surface area (Å²) in [5.41, 5.74) is 2.65. The topological polar surface area (TPSA) is 61.4 Å². The molecule has 2 rings (SSSR count). The Balaban J connectivity index is 2.22. The minimum absolute atomic E-state index is 0.264. The Bertz CT molecular complexity index is 597. The lowest BCUT2D eigenvalue weighted by molar-refractivity contribution is 0.0698. The summed E-state index contributed by atoms with van der Waals surface area (Å²) in [5, 5.41) is 15.8. The molecule has 3 N–H and O–H groups in total. The number of anilines is 3. The van der Waals surface area contributed by atoms with Gasteiger partial charge in [-0.3, -0.25) is 0 Å². The molecule has 21 heavy (non-hydrogen) atoms. The van der Waals surface area contributed by atoms with Crippen molar-refractivity contribution in [2.45, 2.75) is 19.8 Å². The molecular weight excluding hydrogens is 264 g/mol. The van der Waals surface area contributed by atoms with Crippen LogP contribution in [-0.4, -0.2) is 17.6 Å². The SMILES string of the molecule is CCCCNc1ccc(C(=O)O)c(Nc2ccccc2)c1. The fourth-order valence-corrected chi connectivity index (χ4v) is 2.03. The monoisotopic (exact) mass is 284 g/mol. The fraction of sp³-hybridized carbons (Fsp3) is 0.235. The Labute approximate surface area is 124 Å². The molecule has 0 heterocycles. The van der Waals surface area contributed by atoms with Gasteiger partial charge in [-0.15, -0.1) is 0 Å². The number of rotatable bonds is 7. The van der Waals surface area contributed by atoms with Crippen LogP contribution in [0.5, 0.6) is 0 Å². The summed E-state index contributed by atoms with van der Waals surface area (Å²) in [6.07, 6.45) is 2.21. The van der Waals surface area contributed by atoms with E-state index in [4.69, 9.17) is 0 Å². The van der Waals surface area contributed by atoms with Crippen LogP contribution in [-0.2, 0) is 0 Å². The van der Waals surface area contributed by atoms with Crippen LogP contribution in [0, 0.1) is 0 Å². The predicted octanol–water partition coefficient (Wildman–Crippen LogP) is 4.34. The van der Waals surface area contributed by atoms with Gasteiger partial charge >= 0.3 is 5.97 Å². The minimum atomic E-state index is -0.937. The highest BCUT2D eigenvalue weighted by Gasteiger charge is 2.11. The van der Waals surface area contributed by atoms with Gasteiger partial charge < -0.3 is 15.7 Å². The molecule has 0 spiro atoms. The molecule has 0 aliphatic rings. The van der Waals surface area contributed by atoms with Crippen LogP contribution in [0.1, 0.15) is 30.1 Å². The highest BCUT2D eigenvalue weighted by molar-refractivity contribution is 5.96. The van der Waals surface area contributed by atoms with Crippen molar-refractivity contribution in [3.63, 3.8) is 0 Å². The zero-order chi connectivity index (χ0) is 15.1. The first-order chi connectivity index (χ1) is 10.2. The van der Waals surface area contributed by atoms with Crippen molar-refractivity contribution in [3.8, 4) is 0 Å². The molecule has 0 saturated carbocycles. The van der Waals surface area contributed by atoms with Crippen LogP contribution in [0.4, 0.5) is 17.1 Å². The van der Waals surface area contributed by atoms with E-state index in [2.05, 4.69) is 17.6 Å². The van der Waals surface area contributed by atoms with E-state index in [0.29, 0.717) is 5.69 Å². The van der Waals surface area contributed by atoms with Gasteiger partial charge in [-0.1, -0.05) is 31.5 Å². The average Bonchev–Trinajstić information content (AvgIpc) is 2.48. The molecular formula is C17H20N2O2. The van der Waals surface area contributed by atoms with E-state index in [0.717, 1.165) is 30.8 Å². The smallest absolute Gasteiger partial charge is 0.337 e. The number of carboxylic acids is 1. The molecule has 0 fully saturated rings. The standard InChI is InChI=1S/C17H20N2O2/c1-2-3-11-18-14-9-10-15(17(20)21)16(12-14)19-13-7-5-4-6-8-13/h4-10,12,18-19H,2-3,11H2,1H3,(H,20,21). The first kappa shape index (κ1) is 14.9. The van der Waals surface area contributed by atoms with Crippen molar-refractivity contribution < 1.29 is 9.90 Å². The summed E-state index contributed by atoms with van der Waals surface area (Å²) < 4.78 is 0. The largest absolute Gasteiger partial charge is 0.478 e. The van der Waals surface area contributed by atoms with E-state index < -0.39 is 5.97 Å². The molecule has 110 valence electrons. The van der Waals surface area contributed by atoms with Crippen molar-refractivity contribution in [1.29, 1.82) is 0 Å². The number of hydrogen-bond donors (Lipinski definition) is 3. The fourth-order valence-electron chi connectivity index (χ4n) is 2.03. The summed E-state index contributed by atoms with van der Waals surface area (Å²) in [6.45, 7) is 3.02. The van der Waals surface area contributed by atoms with E-state index >= 15 is 0 Å². The summed E-state index contributed by atoms with van der Waals surface area (Å²) >= 11 is 0. The van der Waals surface area contributed by atoms with Crippen LogP contribution in [0.3, 0.4) is 0 Å². The van der Waals surface area contributed by atoms with Gasteiger partial charge in [0.05, 0.1) is 11.3 Å². The number of aromatic carboxylic acids is 1. The van der Waals surface area contributed by atoms with Gasteiger partial charge in [-0.05, 0) is 36.8 Å². The van der Waals surface area contributed by atoms with Crippen molar-refractivity contribution in [1.82, 2.24) is 0 Å². The number of benzene rings is 2. The highest BCUT2D eigenvalue weighted by atomic mass is 16.4. The van der Waals surface area contributed by atoms with Crippen LogP contribution < -0.4 is 10.6 Å². The minimum Gasteiger partial charge on any atom is -0.478 e. The summed E-state index contributed by atoms with van der Waals surface area (Å²) in [4.78, 5) is 11.3. The second-order valence-corrected chi connectivity index (χ2v) is 4.84. The third-order valence-corrected chi connectivity index (χ3v) is 3.16. The van der Waals surface area contributed by atoms with Crippen molar-refractivity contribution in [2.24, 2.45) is 0 Å². The lowest BCUT2D eigenvalue weighted by atomic mass is 10.1. The summed E-state index contributed by atoms with van der Waals surface area (Å²) in [7, 11) is 0. The highest BCUT2D eigenvalue weighted by Crippen LogP contribution is 2.25. The van der Waals surface area contributed by atoms with Crippen LogP contribution in [0.2, 0.25) is 0 Å². The molecule has 4 nitrogen and oxygen atoms in total. The molecule has 0 aliphatic carbocycles. The molecule has 0 bridgehead atoms. The van der Waals surface area contributed by atoms with Gasteiger partial charge in [0, 0.05) is 17.9 Å². The van der Waals surface area contributed by atoms with E-state index in [1.165, 1.54) is 0 Å².